The SMILES string of the molecule is CCN1CCN(c2ccc(-c3ccnc4ccc(C=C5SC(N6CCCCC6)=NC5=O)cc34)cc2Cl)CC1. The molecule has 6 rings (SSSR count). The number of piperidine rings is 1. The smallest absolute Gasteiger partial charge is 0.286 e. The average Bonchev–Trinajstić information content (AvgIpc) is 3.33. The first-order valence-corrected chi connectivity index (χ1v) is 14.7. The summed E-state index contributed by atoms with van der Waals surface area (Å²) >= 11 is 8.33. The van der Waals surface area contributed by atoms with Gasteiger partial charge >= 0.3 is 0 Å². The second-order valence-corrected chi connectivity index (χ2v) is 11.5. The van der Waals surface area contributed by atoms with Crippen molar-refractivity contribution in [3.05, 3.63) is 64.2 Å². The number of amides is 1. The quantitative estimate of drug-likeness (QED) is 0.366. The molecule has 0 saturated carbocycles. The van der Waals surface area contributed by atoms with E-state index in [-0.39, 0.29) is 5.91 Å². The van der Waals surface area contributed by atoms with Crippen LogP contribution in [0.25, 0.3) is 28.1 Å². The van der Waals surface area contributed by atoms with Crippen LogP contribution in [-0.2, 0) is 4.79 Å². The highest BCUT2D eigenvalue weighted by atomic mass is 35.5. The summed E-state index contributed by atoms with van der Waals surface area (Å²) in [6.45, 7) is 9.37. The second-order valence-electron chi connectivity index (χ2n) is 10.1. The molecule has 6 nitrogen and oxygen atoms in total. The van der Waals surface area contributed by atoms with Gasteiger partial charge in [0.1, 0.15) is 0 Å². The van der Waals surface area contributed by atoms with Crippen molar-refractivity contribution in [2.75, 3.05) is 50.7 Å². The molecule has 0 aliphatic carbocycles. The monoisotopic (exact) mass is 545 g/mol. The van der Waals surface area contributed by atoms with Gasteiger partial charge in [0, 0.05) is 50.9 Å². The maximum atomic E-state index is 12.7. The fourth-order valence-corrected chi connectivity index (χ4v) is 6.78. The van der Waals surface area contributed by atoms with Gasteiger partial charge in [0.15, 0.2) is 5.17 Å². The van der Waals surface area contributed by atoms with E-state index in [1.54, 1.807) is 0 Å². The van der Waals surface area contributed by atoms with Gasteiger partial charge in [-0.25, -0.2) is 0 Å². The number of carbonyl (C=O) groups excluding carboxylic acids is 1. The first-order valence-electron chi connectivity index (χ1n) is 13.5. The van der Waals surface area contributed by atoms with E-state index in [0.717, 1.165) is 102 Å². The molecular formula is C30H32ClN5OS. The molecule has 1 amide bonds. The molecule has 0 atom stereocenters. The van der Waals surface area contributed by atoms with Gasteiger partial charge in [-0.15, -0.1) is 0 Å². The Morgan fingerprint density at radius 1 is 0.947 bits per heavy atom. The zero-order chi connectivity index (χ0) is 26.1. The number of hydrogen-bond acceptors (Lipinski definition) is 6. The predicted octanol–water partition coefficient (Wildman–Crippen LogP) is 6.15. The Bertz CT molecular complexity index is 1420. The van der Waals surface area contributed by atoms with Crippen LogP contribution < -0.4 is 4.90 Å². The number of thioether (sulfide) groups is 1. The van der Waals surface area contributed by atoms with Gasteiger partial charge in [-0.3, -0.25) is 9.78 Å². The number of aromatic nitrogens is 1. The first kappa shape index (κ1) is 25.4. The zero-order valence-electron chi connectivity index (χ0n) is 21.7. The summed E-state index contributed by atoms with van der Waals surface area (Å²) in [6.07, 6.45) is 7.37. The summed E-state index contributed by atoms with van der Waals surface area (Å²) in [5.41, 5.74) is 5.11. The fourth-order valence-electron chi connectivity index (χ4n) is 5.51. The lowest BCUT2D eigenvalue weighted by Crippen LogP contribution is -2.46. The van der Waals surface area contributed by atoms with E-state index in [1.807, 2.05) is 30.5 Å². The maximum Gasteiger partial charge on any atom is 0.286 e. The van der Waals surface area contributed by atoms with Crippen molar-refractivity contribution in [3.8, 4) is 11.1 Å². The number of nitrogens with zero attached hydrogens (tertiary/aromatic N) is 5. The van der Waals surface area contributed by atoms with Crippen molar-refractivity contribution in [1.29, 1.82) is 0 Å². The zero-order valence-corrected chi connectivity index (χ0v) is 23.3. The molecule has 4 heterocycles. The van der Waals surface area contributed by atoms with Gasteiger partial charge in [-0.05, 0) is 90.7 Å². The molecule has 0 bridgehead atoms. The molecule has 0 spiro atoms. The van der Waals surface area contributed by atoms with Crippen LogP contribution in [-0.4, -0.2) is 71.7 Å². The molecule has 38 heavy (non-hydrogen) atoms. The van der Waals surface area contributed by atoms with Gasteiger partial charge < -0.3 is 14.7 Å². The van der Waals surface area contributed by atoms with E-state index in [4.69, 9.17) is 11.6 Å². The minimum atomic E-state index is -0.149. The number of hydrogen-bond donors (Lipinski definition) is 0. The number of likely N-dealkylation sites (N-methyl/N-ethyl adjacent to an activating group) is 1. The number of benzene rings is 2. The lowest BCUT2D eigenvalue weighted by Gasteiger charge is -2.36. The molecule has 3 aliphatic rings. The van der Waals surface area contributed by atoms with Crippen molar-refractivity contribution in [2.24, 2.45) is 4.99 Å². The summed E-state index contributed by atoms with van der Waals surface area (Å²) in [5, 5.41) is 2.65. The number of carbonyl (C=O) groups is 1. The number of halogens is 1. The van der Waals surface area contributed by atoms with Crippen LogP contribution >= 0.6 is 23.4 Å². The van der Waals surface area contributed by atoms with Crippen molar-refractivity contribution < 1.29 is 4.79 Å². The summed E-state index contributed by atoms with van der Waals surface area (Å²) in [7, 11) is 0. The van der Waals surface area contributed by atoms with Gasteiger partial charge in [0.05, 0.1) is 21.1 Å². The van der Waals surface area contributed by atoms with Crippen molar-refractivity contribution in [3.63, 3.8) is 0 Å². The normalized spacial score (nSPS) is 20.0. The van der Waals surface area contributed by atoms with Crippen LogP contribution in [0.3, 0.4) is 0 Å². The molecule has 0 N–H and O–H groups in total. The number of likely N-dealkylation sites (tertiary alicyclic amines) is 1. The van der Waals surface area contributed by atoms with Gasteiger partial charge in [-0.1, -0.05) is 30.7 Å². The molecular weight excluding hydrogens is 514 g/mol. The summed E-state index contributed by atoms with van der Waals surface area (Å²) in [5.74, 6) is -0.149. The summed E-state index contributed by atoms with van der Waals surface area (Å²) in [6, 6.07) is 14.6. The Kier molecular flexibility index (Phi) is 7.41. The highest BCUT2D eigenvalue weighted by Gasteiger charge is 2.27. The molecule has 2 fully saturated rings. The number of rotatable bonds is 4. The van der Waals surface area contributed by atoms with E-state index >= 15 is 0 Å². The van der Waals surface area contributed by atoms with Crippen molar-refractivity contribution >= 4 is 57.1 Å². The number of anilines is 1. The Balaban J connectivity index is 1.27. The third-order valence-electron chi connectivity index (χ3n) is 7.72. The third-order valence-corrected chi connectivity index (χ3v) is 9.07. The highest BCUT2D eigenvalue weighted by molar-refractivity contribution is 8.18. The molecule has 3 aromatic rings. The summed E-state index contributed by atoms with van der Waals surface area (Å²) < 4.78 is 0. The Morgan fingerprint density at radius 2 is 1.76 bits per heavy atom. The molecule has 1 aromatic heterocycles. The minimum Gasteiger partial charge on any atom is -0.368 e. The van der Waals surface area contributed by atoms with Gasteiger partial charge in [0.25, 0.3) is 5.91 Å². The highest BCUT2D eigenvalue weighted by Crippen LogP contribution is 2.36. The van der Waals surface area contributed by atoms with Crippen LogP contribution in [0.5, 0.6) is 0 Å². The standard InChI is InChI=1S/C30H32ClN5OS/c1-2-34-14-16-35(17-15-34)27-9-7-22(20-25(27)31)23-10-11-32-26-8-6-21(18-24(23)26)19-28-29(37)33-30(38-28)36-12-4-3-5-13-36/h6-11,18-20H,2-5,12-17H2,1H3. The number of amidine groups is 1. The van der Waals surface area contributed by atoms with Crippen LogP contribution in [0.2, 0.25) is 5.02 Å². The topological polar surface area (TPSA) is 52.0 Å². The molecule has 2 aromatic carbocycles. The van der Waals surface area contributed by atoms with E-state index in [2.05, 4.69) is 55.9 Å². The van der Waals surface area contributed by atoms with Crippen LogP contribution in [0, 0.1) is 0 Å². The number of pyridine rings is 1. The molecule has 0 unspecified atom stereocenters. The van der Waals surface area contributed by atoms with Gasteiger partial charge in [-0.2, -0.15) is 4.99 Å². The Hall–Kier alpha value is -2.87. The van der Waals surface area contributed by atoms with Crippen LogP contribution in [0.15, 0.2) is 58.6 Å². The molecule has 0 radical (unpaired) electrons. The second kappa shape index (κ2) is 11.1. The Labute approximate surface area is 233 Å². The van der Waals surface area contributed by atoms with Crippen LogP contribution in [0.1, 0.15) is 31.7 Å². The first-order chi connectivity index (χ1) is 18.6. The maximum absolute atomic E-state index is 12.7. The van der Waals surface area contributed by atoms with Crippen molar-refractivity contribution in [2.45, 2.75) is 26.2 Å². The lowest BCUT2D eigenvalue weighted by molar-refractivity contribution is -0.113. The van der Waals surface area contributed by atoms with Crippen LogP contribution in [0.4, 0.5) is 5.69 Å². The molecule has 3 aliphatic heterocycles. The molecule has 196 valence electrons. The average molecular weight is 546 g/mol. The molecule has 2 saturated heterocycles. The van der Waals surface area contributed by atoms with Gasteiger partial charge in [0.2, 0.25) is 0 Å². The minimum absolute atomic E-state index is 0.149. The van der Waals surface area contributed by atoms with E-state index in [9.17, 15) is 4.79 Å². The van der Waals surface area contributed by atoms with E-state index in [0.29, 0.717) is 4.91 Å². The number of aliphatic imine (C=N–C) groups is 1. The number of fused-ring (bicyclic) bond motifs is 1. The fraction of sp³-hybridized carbons (Fsp3) is 0.367. The largest absolute Gasteiger partial charge is 0.368 e. The summed E-state index contributed by atoms with van der Waals surface area (Å²) in [4.78, 5) is 29.4. The third kappa shape index (κ3) is 5.20. The molecule has 8 heteroatoms. The predicted molar refractivity (Wildman–Crippen MR) is 160 cm³/mol. The lowest BCUT2D eigenvalue weighted by atomic mass is 9.99. The number of piperazine rings is 1. The van der Waals surface area contributed by atoms with E-state index < -0.39 is 0 Å². The Morgan fingerprint density at radius 3 is 2.53 bits per heavy atom. The van der Waals surface area contributed by atoms with E-state index in [1.165, 1.54) is 18.2 Å². The van der Waals surface area contributed by atoms with Crippen molar-refractivity contribution in [1.82, 2.24) is 14.8 Å².